The third kappa shape index (κ3) is 5.17. The highest BCUT2D eigenvalue weighted by Gasteiger charge is 2.11. The second kappa shape index (κ2) is 8.80. The number of nitrogens with two attached hydrogens (primary N) is 1. The summed E-state index contributed by atoms with van der Waals surface area (Å²) in [5.41, 5.74) is 8.31. The van der Waals surface area contributed by atoms with E-state index in [1.54, 1.807) is 13.8 Å². The van der Waals surface area contributed by atoms with E-state index >= 15 is 0 Å². The molecule has 0 bridgehead atoms. The number of esters is 1. The third-order valence-corrected chi connectivity index (χ3v) is 3.73. The zero-order valence-corrected chi connectivity index (χ0v) is 15.1. The molecule has 0 spiro atoms. The number of guanidine groups is 1. The Bertz CT molecular complexity index is 873. The number of aryl methyl sites for hydroxylation is 2. The molecular formula is C18H23N5O3. The highest BCUT2D eigenvalue weighted by atomic mass is 16.5. The number of nitrogens with one attached hydrogen (secondary N) is 2. The predicted molar refractivity (Wildman–Crippen MR) is 101 cm³/mol. The molecule has 1 heterocycles. The number of nitrogens with zero attached hydrogens (tertiary/aromatic N) is 2. The standard InChI is InChI=1S/C18H23N5O3/c1-4-26-15(24)10-9-13-12(3)20-18(22-16(13)25)23-17(19)21-14-8-6-5-7-11(14)2/h5-8H,4,9-10H2,1-3H3,(H4,19,20,21,22,23,25). The van der Waals surface area contributed by atoms with Gasteiger partial charge in [-0.25, -0.2) is 4.98 Å². The van der Waals surface area contributed by atoms with Crippen LogP contribution in [0.2, 0.25) is 0 Å². The Morgan fingerprint density at radius 1 is 1.35 bits per heavy atom. The summed E-state index contributed by atoms with van der Waals surface area (Å²) in [5, 5.41) is 2.97. The molecule has 0 unspecified atom stereocenters. The topological polar surface area (TPSA) is 122 Å². The van der Waals surface area contributed by atoms with Gasteiger partial charge in [0.2, 0.25) is 11.9 Å². The van der Waals surface area contributed by atoms with E-state index in [-0.39, 0.29) is 36.3 Å². The van der Waals surface area contributed by atoms with Crippen molar-refractivity contribution in [2.75, 3.05) is 11.9 Å². The lowest BCUT2D eigenvalue weighted by atomic mass is 10.1. The maximum atomic E-state index is 12.2. The van der Waals surface area contributed by atoms with Gasteiger partial charge in [-0.2, -0.15) is 4.99 Å². The van der Waals surface area contributed by atoms with Crippen LogP contribution in [0.4, 0.5) is 11.6 Å². The van der Waals surface area contributed by atoms with Gasteiger partial charge in [0, 0.05) is 17.7 Å². The fourth-order valence-corrected chi connectivity index (χ4v) is 2.40. The van der Waals surface area contributed by atoms with E-state index in [0.29, 0.717) is 17.9 Å². The van der Waals surface area contributed by atoms with Gasteiger partial charge in [0.05, 0.1) is 12.3 Å². The molecular weight excluding hydrogens is 334 g/mol. The average Bonchev–Trinajstić information content (AvgIpc) is 2.56. The van der Waals surface area contributed by atoms with E-state index in [4.69, 9.17) is 10.5 Å². The summed E-state index contributed by atoms with van der Waals surface area (Å²) in [4.78, 5) is 34.6. The molecule has 4 N–H and O–H groups in total. The molecule has 8 nitrogen and oxygen atoms in total. The quantitative estimate of drug-likeness (QED) is 0.412. The van der Waals surface area contributed by atoms with Crippen LogP contribution in [-0.2, 0) is 16.0 Å². The Kier molecular flexibility index (Phi) is 6.48. The fraction of sp³-hybridized carbons (Fsp3) is 0.333. The van der Waals surface area contributed by atoms with Gasteiger partial charge in [-0.1, -0.05) is 18.2 Å². The molecule has 1 aromatic carbocycles. The van der Waals surface area contributed by atoms with E-state index in [2.05, 4.69) is 20.3 Å². The maximum Gasteiger partial charge on any atom is 0.306 e. The Labute approximate surface area is 151 Å². The monoisotopic (exact) mass is 357 g/mol. The third-order valence-electron chi connectivity index (χ3n) is 3.73. The Morgan fingerprint density at radius 3 is 2.73 bits per heavy atom. The molecule has 2 rings (SSSR count). The van der Waals surface area contributed by atoms with Gasteiger partial charge in [-0.15, -0.1) is 0 Å². The number of carbonyl (C=O) groups is 1. The van der Waals surface area contributed by atoms with E-state index in [0.717, 1.165) is 11.3 Å². The van der Waals surface area contributed by atoms with Crippen LogP contribution in [-0.4, -0.2) is 28.5 Å². The van der Waals surface area contributed by atoms with E-state index in [1.165, 1.54) is 0 Å². The number of anilines is 1. The number of H-pyrrole nitrogens is 1. The molecule has 138 valence electrons. The lowest BCUT2D eigenvalue weighted by molar-refractivity contribution is -0.143. The average molecular weight is 357 g/mol. The first-order valence-corrected chi connectivity index (χ1v) is 8.33. The summed E-state index contributed by atoms with van der Waals surface area (Å²) < 4.78 is 4.87. The van der Waals surface area contributed by atoms with E-state index < -0.39 is 0 Å². The molecule has 2 aromatic rings. The predicted octanol–water partition coefficient (Wildman–Crippen LogP) is 1.94. The first-order chi connectivity index (χ1) is 12.4. The first-order valence-electron chi connectivity index (χ1n) is 8.33. The minimum atomic E-state index is -0.347. The molecule has 0 aliphatic rings. The maximum absolute atomic E-state index is 12.2. The Balaban J connectivity index is 2.14. The van der Waals surface area contributed by atoms with Crippen LogP contribution in [0.1, 0.15) is 30.2 Å². The lowest BCUT2D eigenvalue weighted by Gasteiger charge is -2.09. The number of benzene rings is 1. The summed E-state index contributed by atoms with van der Waals surface area (Å²) >= 11 is 0. The zero-order chi connectivity index (χ0) is 19.1. The van der Waals surface area contributed by atoms with Crippen LogP contribution < -0.4 is 16.6 Å². The number of hydrogen-bond acceptors (Lipinski definition) is 5. The first kappa shape index (κ1) is 19.2. The highest BCUT2D eigenvalue weighted by Crippen LogP contribution is 2.13. The minimum Gasteiger partial charge on any atom is -0.466 e. The summed E-state index contributed by atoms with van der Waals surface area (Å²) in [6.45, 7) is 5.69. The number of aliphatic imine (C=N–C) groups is 1. The van der Waals surface area contributed by atoms with Gasteiger partial charge in [0.25, 0.3) is 5.56 Å². The lowest BCUT2D eigenvalue weighted by Crippen LogP contribution is -2.23. The van der Waals surface area contributed by atoms with Crippen molar-refractivity contribution in [1.29, 1.82) is 0 Å². The van der Waals surface area contributed by atoms with Crippen LogP contribution in [0.15, 0.2) is 34.1 Å². The molecule has 0 saturated heterocycles. The van der Waals surface area contributed by atoms with Crippen molar-refractivity contribution < 1.29 is 9.53 Å². The van der Waals surface area contributed by atoms with E-state index in [9.17, 15) is 9.59 Å². The molecule has 8 heteroatoms. The van der Waals surface area contributed by atoms with Crippen molar-refractivity contribution in [2.24, 2.45) is 10.7 Å². The van der Waals surface area contributed by atoms with Gasteiger partial charge >= 0.3 is 5.97 Å². The van der Waals surface area contributed by atoms with Gasteiger partial charge in [0.1, 0.15) is 0 Å². The number of aromatic amines is 1. The summed E-state index contributed by atoms with van der Waals surface area (Å²) in [5.74, 6) is -0.132. The molecule has 0 atom stereocenters. The summed E-state index contributed by atoms with van der Waals surface area (Å²) in [7, 11) is 0. The number of carbonyl (C=O) groups excluding carboxylic acids is 1. The van der Waals surface area contributed by atoms with Crippen molar-refractivity contribution in [3.8, 4) is 0 Å². The SMILES string of the molecule is CCOC(=O)CCc1c(C)nc(N=C(N)Nc2ccccc2C)[nH]c1=O. The minimum absolute atomic E-state index is 0.103. The van der Waals surface area contributed by atoms with Gasteiger partial charge in [-0.3, -0.25) is 14.6 Å². The van der Waals surface area contributed by atoms with Gasteiger partial charge in [-0.05, 0) is 38.8 Å². The number of para-hydroxylation sites is 1. The summed E-state index contributed by atoms with van der Waals surface area (Å²) in [6.07, 6.45) is 0.382. The number of rotatable bonds is 6. The molecule has 0 saturated carbocycles. The van der Waals surface area contributed by atoms with Crippen molar-refractivity contribution in [3.05, 3.63) is 51.4 Å². The molecule has 0 aliphatic heterocycles. The van der Waals surface area contributed by atoms with Crippen LogP contribution in [0.25, 0.3) is 0 Å². The van der Waals surface area contributed by atoms with Gasteiger partial charge < -0.3 is 15.8 Å². The normalized spacial score (nSPS) is 11.3. The number of hydrogen-bond donors (Lipinski definition) is 3. The Morgan fingerprint density at radius 2 is 2.08 bits per heavy atom. The fourth-order valence-electron chi connectivity index (χ4n) is 2.40. The van der Waals surface area contributed by atoms with Crippen LogP contribution >= 0.6 is 0 Å². The number of ether oxygens (including phenoxy) is 1. The molecule has 0 fully saturated rings. The second-order valence-electron chi connectivity index (χ2n) is 5.70. The second-order valence-corrected chi connectivity index (χ2v) is 5.70. The summed E-state index contributed by atoms with van der Waals surface area (Å²) in [6, 6.07) is 7.62. The van der Waals surface area contributed by atoms with E-state index in [1.807, 2.05) is 31.2 Å². The van der Waals surface area contributed by atoms with Crippen LogP contribution in [0.5, 0.6) is 0 Å². The Hall–Kier alpha value is -3.16. The van der Waals surface area contributed by atoms with Crippen molar-refractivity contribution in [1.82, 2.24) is 9.97 Å². The highest BCUT2D eigenvalue weighted by molar-refractivity contribution is 5.94. The van der Waals surface area contributed by atoms with Crippen molar-refractivity contribution in [3.63, 3.8) is 0 Å². The van der Waals surface area contributed by atoms with Crippen LogP contribution in [0.3, 0.4) is 0 Å². The molecule has 0 radical (unpaired) electrons. The molecule has 0 aliphatic carbocycles. The smallest absolute Gasteiger partial charge is 0.306 e. The number of aromatic nitrogens is 2. The van der Waals surface area contributed by atoms with Crippen LogP contribution in [0, 0.1) is 13.8 Å². The molecule has 1 aromatic heterocycles. The largest absolute Gasteiger partial charge is 0.466 e. The van der Waals surface area contributed by atoms with Crippen molar-refractivity contribution in [2.45, 2.75) is 33.6 Å². The molecule has 26 heavy (non-hydrogen) atoms. The zero-order valence-electron chi connectivity index (χ0n) is 15.1. The van der Waals surface area contributed by atoms with Gasteiger partial charge in [0.15, 0.2) is 0 Å². The molecule has 0 amide bonds. The van der Waals surface area contributed by atoms with Crippen molar-refractivity contribution >= 4 is 23.6 Å².